The summed E-state index contributed by atoms with van der Waals surface area (Å²) in [5.74, 6) is 0.706. The number of hydrazone groups is 1. The highest BCUT2D eigenvalue weighted by molar-refractivity contribution is 9.10. The van der Waals surface area contributed by atoms with Crippen LogP contribution in [0, 0.1) is 5.82 Å². The van der Waals surface area contributed by atoms with Crippen molar-refractivity contribution in [2.75, 3.05) is 20.1 Å². The van der Waals surface area contributed by atoms with E-state index in [0.717, 1.165) is 47.4 Å². The van der Waals surface area contributed by atoms with Crippen molar-refractivity contribution in [1.82, 2.24) is 9.91 Å². The maximum Gasteiger partial charge on any atom is 0.200 e. The number of hydrogen-bond donors (Lipinski definition) is 0. The number of hydrogen-bond acceptors (Lipinski definition) is 4. The van der Waals surface area contributed by atoms with Gasteiger partial charge >= 0.3 is 0 Å². The first kappa shape index (κ1) is 17.2. The Morgan fingerprint density at radius 1 is 1.19 bits per heavy atom. The van der Waals surface area contributed by atoms with E-state index in [4.69, 9.17) is 9.84 Å². The lowest BCUT2D eigenvalue weighted by molar-refractivity contribution is -0.147. The van der Waals surface area contributed by atoms with Crippen molar-refractivity contribution in [2.24, 2.45) is 5.10 Å². The molecule has 4 nitrogen and oxygen atoms in total. The predicted molar refractivity (Wildman–Crippen MR) is 106 cm³/mol. The fraction of sp³-hybridized carbons (Fsp3) is 0.381. The van der Waals surface area contributed by atoms with Crippen LogP contribution in [0.3, 0.4) is 0 Å². The molecule has 3 heterocycles. The van der Waals surface area contributed by atoms with E-state index in [2.05, 4.69) is 39.0 Å². The summed E-state index contributed by atoms with van der Waals surface area (Å²) in [4.78, 5) is 2.32. The molecular formula is C21H21BrFN3O. The lowest BCUT2D eigenvalue weighted by atomic mass is 9.91. The standard InChI is InChI=1S/C21H21BrFN3O/c1-25-10-8-21(9-11-25)26-19(16-12-14(22)6-7-20(16)27-21)13-18(24-26)15-4-2-3-5-17(15)23/h2-7,12,19H,8-11,13H2,1H3/t19-/m0/s1. The molecule has 0 bridgehead atoms. The van der Waals surface area contributed by atoms with Crippen LogP contribution < -0.4 is 4.74 Å². The second kappa shape index (κ2) is 6.31. The Balaban J connectivity index is 1.61. The second-order valence-electron chi connectivity index (χ2n) is 7.62. The van der Waals surface area contributed by atoms with E-state index in [1.54, 1.807) is 6.07 Å². The number of piperidine rings is 1. The van der Waals surface area contributed by atoms with Crippen molar-refractivity contribution >= 4 is 21.6 Å². The molecule has 3 aliphatic rings. The molecule has 2 aromatic carbocycles. The van der Waals surface area contributed by atoms with Crippen molar-refractivity contribution in [3.05, 3.63) is 63.9 Å². The van der Waals surface area contributed by atoms with Crippen LogP contribution >= 0.6 is 15.9 Å². The fourth-order valence-electron chi connectivity index (χ4n) is 4.41. The molecule has 0 unspecified atom stereocenters. The van der Waals surface area contributed by atoms with Crippen LogP contribution in [0.15, 0.2) is 52.0 Å². The number of likely N-dealkylation sites (tertiary alicyclic amines) is 1. The van der Waals surface area contributed by atoms with E-state index in [-0.39, 0.29) is 11.9 Å². The Kier molecular flexibility index (Phi) is 4.02. The third kappa shape index (κ3) is 2.77. The summed E-state index contributed by atoms with van der Waals surface area (Å²) >= 11 is 3.58. The number of ether oxygens (including phenoxy) is 1. The van der Waals surface area contributed by atoms with E-state index < -0.39 is 5.72 Å². The number of halogens is 2. The molecule has 140 valence electrons. The molecule has 5 rings (SSSR count). The zero-order valence-electron chi connectivity index (χ0n) is 15.2. The van der Waals surface area contributed by atoms with Gasteiger partial charge in [0.1, 0.15) is 11.6 Å². The summed E-state index contributed by atoms with van der Waals surface area (Å²) in [6.45, 7) is 1.92. The van der Waals surface area contributed by atoms with Gasteiger partial charge < -0.3 is 9.64 Å². The van der Waals surface area contributed by atoms with Gasteiger partial charge in [0.15, 0.2) is 0 Å². The van der Waals surface area contributed by atoms with Gasteiger partial charge in [-0.1, -0.05) is 34.1 Å². The van der Waals surface area contributed by atoms with Gasteiger partial charge in [0, 0.05) is 48.0 Å². The molecule has 3 aliphatic heterocycles. The first-order valence-electron chi connectivity index (χ1n) is 9.34. The third-order valence-corrected chi connectivity index (χ3v) is 6.41. The maximum absolute atomic E-state index is 14.4. The summed E-state index contributed by atoms with van der Waals surface area (Å²) in [6.07, 6.45) is 2.44. The molecule has 27 heavy (non-hydrogen) atoms. The maximum atomic E-state index is 14.4. The van der Waals surface area contributed by atoms with Crippen LogP contribution in [0.1, 0.15) is 36.4 Å². The molecule has 0 saturated carbocycles. The molecule has 0 aliphatic carbocycles. The smallest absolute Gasteiger partial charge is 0.200 e. The van der Waals surface area contributed by atoms with E-state index in [9.17, 15) is 4.39 Å². The average Bonchev–Trinajstić information content (AvgIpc) is 3.12. The number of rotatable bonds is 1. The van der Waals surface area contributed by atoms with Gasteiger partial charge in [0.05, 0.1) is 11.8 Å². The summed E-state index contributed by atoms with van der Waals surface area (Å²) in [5, 5.41) is 7.04. The third-order valence-electron chi connectivity index (χ3n) is 5.91. The minimum absolute atomic E-state index is 0.0734. The molecule has 6 heteroatoms. The van der Waals surface area contributed by atoms with E-state index in [0.29, 0.717) is 12.0 Å². The van der Waals surface area contributed by atoms with Gasteiger partial charge in [-0.3, -0.25) is 0 Å². The second-order valence-corrected chi connectivity index (χ2v) is 8.54. The minimum atomic E-state index is -0.453. The first-order chi connectivity index (χ1) is 13.1. The van der Waals surface area contributed by atoms with E-state index >= 15 is 0 Å². The molecule has 1 fully saturated rings. The Morgan fingerprint density at radius 3 is 2.74 bits per heavy atom. The lowest BCUT2D eigenvalue weighted by Crippen LogP contribution is -2.58. The number of fused-ring (bicyclic) bond motifs is 4. The SMILES string of the molecule is CN1CCC2(CC1)Oc1ccc(Br)cc1[C@@H]1CC(c3ccccc3F)=NN12. The summed E-state index contributed by atoms with van der Waals surface area (Å²) in [7, 11) is 2.14. The van der Waals surface area contributed by atoms with Crippen molar-refractivity contribution < 1.29 is 9.13 Å². The van der Waals surface area contributed by atoms with Gasteiger partial charge in [0.2, 0.25) is 5.72 Å². The molecule has 0 amide bonds. The normalized spacial score (nSPS) is 23.6. The Morgan fingerprint density at radius 2 is 1.96 bits per heavy atom. The average molecular weight is 430 g/mol. The zero-order chi connectivity index (χ0) is 18.6. The van der Waals surface area contributed by atoms with Crippen LogP contribution in [-0.2, 0) is 0 Å². The van der Waals surface area contributed by atoms with Crippen LogP contribution in [0.5, 0.6) is 5.75 Å². The highest BCUT2D eigenvalue weighted by Gasteiger charge is 2.51. The summed E-state index contributed by atoms with van der Waals surface area (Å²) in [5.41, 5.74) is 2.05. The number of nitrogens with zero attached hydrogens (tertiary/aromatic N) is 3. The van der Waals surface area contributed by atoms with Crippen molar-refractivity contribution in [2.45, 2.75) is 31.0 Å². The highest BCUT2D eigenvalue weighted by Crippen LogP contribution is 2.50. The van der Waals surface area contributed by atoms with Crippen molar-refractivity contribution in [3.63, 3.8) is 0 Å². The molecular weight excluding hydrogens is 409 g/mol. The Labute approximate surface area is 166 Å². The first-order valence-corrected chi connectivity index (χ1v) is 10.1. The Bertz CT molecular complexity index is 923. The van der Waals surface area contributed by atoms with Gasteiger partial charge in [-0.2, -0.15) is 5.10 Å². The van der Waals surface area contributed by atoms with Gasteiger partial charge in [0.25, 0.3) is 0 Å². The number of benzene rings is 2. The largest absolute Gasteiger partial charge is 0.466 e. The molecule has 0 radical (unpaired) electrons. The molecule has 0 N–H and O–H groups in total. The quantitative estimate of drug-likeness (QED) is 0.665. The minimum Gasteiger partial charge on any atom is -0.466 e. The van der Waals surface area contributed by atoms with Crippen molar-refractivity contribution in [1.29, 1.82) is 0 Å². The predicted octanol–water partition coefficient (Wildman–Crippen LogP) is 4.55. The van der Waals surface area contributed by atoms with Gasteiger partial charge in [-0.25, -0.2) is 9.40 Å². The topological polar surface area (TPSA) is 28.1 Å². The Hall–Kier alpha value is -1.92. The molecule has 0 aromatic heterocycles. The van der Waals surface area contributed by atoms with Crippen molar-refractivity contribution in [3.8, 4) is 5.75 Å². The summed E-state index contributed by atoms with van der Waals surface area (Å²) in [6, 6.07) is 13.1. The van der Waals surface area contributed by atoms with Gasteiger partial charge in [-0.05, 0) is 31.3 Å². The molecule has 2 aromatic rings. The van der Waals surface area contributed by atoms with Crippen LogP contribution in [0.2, 0.25) is 0 Å². The van der Waals surface area contributed by atoms with Crippen LogP contribution in [-0.4, -0.2) is 41.5 Å². The van der Waals surface area contributed by atoms with E-state index in [1.165, 1.54) is 6.07 Å². The lowest BCUT2D eigenvalue weighted by Gasteiger charge is -2.50. The fourth-order valence-corrected chi connectivity index (χ4v) is 4.79. The van der Waals surface area contributed by atoms with Crippen LogP contribution in [0.4, 0.5) is 4.39 Å². The molecule has 1 spiro atoms. The monoisotopic (exact) mass is 429 g/mol. The molecule has 1 atom stereocenters. The van der Waals surface area contributed by atoms with Gasteiger partial charge in [-0.15, -0.1) is 0 Å². The van der Waals surface area contributed by atoms with Crippen LogP contribution in [0.25, 0.3) is 0 Å². The highest BCUT2D eigenvalue weighted by atomic mass is 79.9. The summed E-state index contributed by atoms with van der Waals surface area (Å²) < 4.78 is 22.0. The molecule has 1 saturated heterocycles. The zero-order valence-corrected chi connectivity index (χ0v) is 16.7. The van der Waals surface area contributed by atoms with E-state index in [1.807, 2.05) is 24.3 Å².